The van der Waals surface area contributed by atoms with Crippen molar-refractivity contribution in [1.82, 2.24) is 4.98 Å². The van der Waals surface area contributed by atoms with E-state index in [0.29, 0.717) is 21.1 Å². The van der Waals surface area contributed by atoms with E-state index in [2.05, 4.69) is 27.0 Å². The zero-order chi connectivity index (χ0) is 22.0. The van der Waals surface area contributed by atoms with Crippen molar-refractivity contribution in [3.63, 3.8) is 0 Å². The predicted molar refractivity (Wildman–Crippen MR) is 121 cm³/mol. The maximum atomic E-state index is 12.7. The molecule has 0 aliphatic heterocycles. The number of oxazole rings is 1. The number of nitrogens with zero attached hydrogens (tertiary/aromatic N) is 2. The van der Waals surface area contributed by atoms with Crippen molar-refractivity contribution < 1.29 is 17.0 Å². The zero-order valence-electron chi connectivity index (χ0n) is 16.2. The fraction of sp³-hybridized carbons (Fsp3) is 0.0435. The fourth-order valence-corrected chi connectivity index (χ4v) is 4.20. The molecule has 6 nitrogen and oxygen atoms in total. The molecule has 0 atom stereocenters. The van der Waals surface area contributed by atoms with Crippen LogP contribution in [-0.4, -0.2) is 13.4 Å². The number of rotatable bonds is 5. The lowest BCUT2D eigenvalue weighted by molar-refractivity contribution is 0.485. The van der Waals surface area contributed by atoms with Gasteiger partial charge in [-0.3, -0.25) is 0 Å². The molecule has 0 unspecified atom stereocenters. The van der Waals surface area contributed by atoms with Gasteiger partial charge in [0.1, 0.15) is 27.8 Å². The van der Waals surface area contributed by atoms with Crippen LogP contribution in [0.4, 0.5) is 0 Å². The number of benzene rings is 3. The van der Waals surface area contributed by atoms with Crippen molar-refractivity contribution in [2.24, 2.45) is 0 Å². The Morgan fingerprint density at radius 1 is 1.13 bits per heavy atom. The van der Waals surface area contributed by atoms with Crippen LogP contribution in [0.5, 0.6) is 5.75 Å². The van der Waals surface area contributed by atoms with E-state index in [1.54, 1.807) is 36.4 Å². The molecule has 1 heterocycles. The first-order chi connectivity index (χ1) is 14.9. The molecule has 0 radical (unpaired) electrons. The number of aromatic nitrogens is 1. The molecule has 3 aromatic carbocycles. The van der Waals surface area contributed by atoms with Crippen LogP contribution in [0.3, 0.4) is 0 Å². The van der Waals surface area contributed by atoms with Crippen molar-refractivity contribution in [2.45, 2.75) is 11.8 Å². The van der Waals surface area contributed by atoms with Crippen LogP contribution in [0.2, 0.25) is 0 Å². The summed E-state index contributed by atoms with van der Waals surface area (Å²) in [5.41, 5.74) is 2.61. The molecule has 8 heteroatoms. The summed E-state index contributed by atoms with van der Waals surface area (Å²) < 4.78 is 37.2. The highest BCUT2D eigenvalue weighted by atomic mass is 79.9. The number of hydrogen-bond acceptors (Lipinski definition) is 6. The van der Waals surface area contributed by atoms with Crippen LogP contribution >= 0.6 is 15.9 Å². The maximum Gasteiger partial charge on any atom is 0.339 e. The smallest absolute Gasteiger partial charge is 0.339 e. The Bertz CT molecular complexity index is 1420. The van der Waals surface area contributed by atoms with Gasteiger partial charge in [0.15, 0.2) is 5.58 Å². The van der Waals surface area contributed by atoms with Gasteiger partial charge in [0.25, 0.3) is 0 Å². The third kappa shape index (κ3) is 4.53. The Kier molecular flexibility index (Phi) is 5.63. The molecular formula is C23H15BrN2O4S. The standard InChI is InChI=1S/C23H15BrN2O4S/c1-15-6-9-19(10-7-15)31(27,28)30-21-11-8-18(24)13-16(21)12-17(14-25)23-26-20-4-2-3-5-22(20)29-23/h2-13H,1H3/b17-12+. The molecular weight excluding hydrogens is 480 g/mol. The lowest BCUT2D eigenvalue weighted by Gasteiger charge is -2.10. The second kappa shape index (κ2) is 8.38. The molecule has 0 N–H and O–H groups in total. The summed E-state index contributed by atoms with van der Waals surface area (Å²) in [6.45, 7) is 1.87. The second-order valence-corrected chi connectivity index (χ2v) is 9.15. The summed E-state index contributed by atoms with van der Waals surface area (Å²) in [6, 6.07) is 20.4. The van der Waals surface area contributed by atoms with Crippen LogP contribution in [0.15, 0.2) is 80.5 Å². The van der Waals surface area contributed by atoms with Crippen LogP contribution in [0.1, 0.15) is 17.0 Å². The van der Waals surface area contributed by atoms with Gasteiger partial charge in [-0.2, -0.15) is 13.7 Å². The third-order valence-electron chi connectivity index (χ3n) is 4.43. The first-order valence-corrected chi connectivity index (χ1v) is 11.3. The first kappa shape index (κ1) is 20.8. The summed E-state index contributed by atoms with van der Waals surface area (Å²) >= 11 is 3.37. The van der Waals surface area contributed by atoms with Gasteiger partial charge in [0.2, 0.25) is 5.89 Å². The molecule has 0 fully saturated rings. The van der Waals surface area contributed by atoms with Crippen molar-refractivity contribution in [1.29, 1.82) is 5.26 Å². The van der Waals surface area contributed by atoms with Gasteiger partial charge < -0.3 is 8.60 Å². The number of fused-ring (bicyclic) bond motifs is 1. The van der Waals surface area contributed by atoms with E-state index < -0.39 is 10.1 Å². The Labute approximate surface area is 187 Å². The molecule has 4 rings (SSSR count). The molecule has 0 saturated heterocycles. The lowest BCUT2D eigenvalue weighted by Crippen LogP contribution is -2.10. The van der Waals surface area contributed by atoms with Gasteiger partial charge in [-0.1, -0.05) is 45.8 Å². The Morgan fingerprint density at radius 3 is 2.58 bits per heavy atom. The number of nitriles is 1. The molecule has 0 bridgehead atoms. The molecule has 1 aromatic heterocycles. The average Bonchev–Trinajstić information content (AvgIpc) is 3.18. The molecule has 0 saturated carbocycles. The molecule has 0 spiro atoms. The highest BCUT2D eigenvalue weighted by Crippen LogP contribution is 2.31. The Hall–Kier alpha value is -3.41. The minimum Gasteiger partial charge on any atom is -0.435 e. The second-order valence-electron chi connectivity index (χ2n) is 6.69. The maximum absolute atomic E-state index is 12.7. The highest BCUT2D eigenvalue weighted by molar-refractivity contribution is 9.10. The van der Waals surface area contributed by atoms with Crippen LogP contribution in [0.25, 0.3) is 22.7 Å². The van der Waals surface area contributed by atoms with Crippen LogP contribution in [-0.2, 0) is 10.1 Å². The Balaban J connectivity index is 1.75. The van der Waals surface area contributed by atoms with Gasteiger partial charge in [-0.25, -0.2) is 4.98 Å². The monoisotopic (exact) mass is 494 g/mol. The van der Waals surface area contributed by atoms with E-state index in [1.807, 2.05) is 19.1 Å². The average molecular weight is 495 g/mol. The molecule has 4 aromatic rings. The molecule has 0 aliphatic carbocycles. The Morgan fingerprint density at radius 2 is 1.87 bits per heavy atom. The van der Waals surface area contributed by atoms with Crippen molar-refractivity contribution >= 4 is 48.8 Å². The zero-order valence-corrected chi connectivity index (χ0v) is 18.6. The number of halogens is 1. The van der Waals surface area contributed by atoms with E-state index in [1.165, 1.54) is 24.3 Å². The quantitative estimate of drug-likeness (QED) is 0.259. The largest absolute Gasteiger partial charge is 0.435 e. The third-order valence-corrected chi connectivity index (χ3v) is 6.17. The van der Waals surface area contributed by atoms with Gasteiger partial charge in [0, 0.05) is 10.0 Å². The number of hydrogen-bond donors (Lipinski definition) is 0. The van der Waals surface area contributed by atoms with E-state index in [9.17, 15) is 13.7 Å². The van der Waals surface area contributed by atoms with Crippen molar-refractivity contribution in [3.05, 3.63) is 88.2 Å². The number of aryl methyl sites for hydroxylation is 1. The summed E-state index contributed by atoms with van der Waals surface area (Å²) in [5.74, 6) is 0.212. The van der Waals surface area contributed by atoms with E-state index in [-0.39, 0.29) is 22.1 Å². The SMILES string of the molecule is Cc1ccc(S(=O)(=O)Oc2ccc(Br)cc2/C=C(\C#N)c2nc3ccccc3o2)cc1. The van der Waals surface area contributed by atoms with E-state index >= 15 is 0 Å². The van der Waals surface area contributed by atoms with Gasteiger partial charge in [-0.05, 0) is 55.5 Å². The number of para-hydroxylation sites is 2. The predicted octanol–water partition coefficient (Wildman–Crippen LogP) is 5.73. The van der Waals surface area contributed by atoms with Gasteiger partial charge in [0.05, 0.1) is 0 Å². The molecule has 31 heavy (non-hydrogen) atoms. The summed E-state index contributed by atoms with van der Waals surface area (Å²) in [4.78, 5) is 4.37. The van der Waals surface area contributed by atoms with Crippen molar-refractivity contribution in [2.75, 3.05) is 0 Å². The summed E-state index contributed by atoms with van der Waals surface area (Å²) in [5, 5.41) is 9.67. The lowest BCUT2D eigenvalue weighted by atomic mass is 10.1. The highest BCUT2D eigenvalue weighted by Gasteiger charge is 2.19. The topological polar surface area (TPSA) is 93.2 Å². The van der Waals surface area contributed by atoms with Gasteiger partial charge >= 0.3 is 10.1 Å². The van der Waals surface area contributed by atoms with Gasteiger partial charge in [-0.15, -0.1) is 0 Å². The van der Waals surface area contributed by atoms with Crippen LogP contribution < -0.4 is 4.18 Å². The van der Waals surface area contributed by atoms with E-state index in [4.69, 9.17) is 8.60 Å². The molecule has 0 aliphatic rings. The first-order valence-electron chi connectivity index (χ1n) is 9.14. The molecule has 154 valence electrons. The fourth-order valence-electron chi connectivity index (χ4n) is 2.86. The van der Waals surface area contributed by atoms with E-state index in [0.717, 1.165) is 5.56 Å². The number of allylic oxidation sites excluding steroid dienone is 1. The van der Waals surface area contributed by atoms with Crippen LogP contribution in [0, 0.1) is 18.3 Å². The van der Waals surface area contributed by atoms with Crippen molar-refractivity contribution in [3.8, 4) is 11.8 Å². The normalized spacial score (nSPS) is 12.0. The minimum atomic E-state index is -4.06. The minimum absolute atomic E-state index is 0.0374. The summed E-state index contributed by atoms with van der Waals surface area (Å²) in [6.07, 6.45) is 1.48. The molecule has 0 amide bonds. The summed E-state index contributed by atoms with van der Waals surface area (Å²) in [7, 11) is -4.06.